The number of aromatic nitrogens is 2. The maximum atomic E-state index is 11.9. The molecule has 6 heteroatoms. The first kappa shape index (κ1) is 12.7. The van der Waals surface area contributed by atoms with Gasteiger partial charge in [0.1, 0.15) is 0 Å². The number of rotatable bonds is 5. The Kier molecular flexibility index (Phi) is 4.09. The predicted octanol–water partition coefficient (Wildman–Crippen LogP) is 2.82. The number of nitrogens with zero attached hydrogens (tertiary/aromatic N) is 2. The van der Waals surface area contributed by atoms with Gasteiger partial charge in [0.05, 0.1) is 6.42 Å². The third kappa shape index (κ3) is 3.67. The van der Waals surface area contributed by atoms with E-state index in [-0.39, 0.29) is 5.82 Å². The van der Waals surface area contributed by atoms with Gasteiger partial charge in [0.2, 0.25) is 0 Å². The minimum Gasteiger partial charge on any atom is -0.329 e. The van der Waals surface area contributed by atoms with E-state index in [9.17, 15) is 18.0 Å². The third-order valence-corrected chi connectivity index (χ3v) is 2.06. The fourth-order valence-electron chi connectivity index (χ4n) is 1.35. The fraction of sp³-hybridized carbons (Fsp3) is 0.600. The smallest absolute Gasteiger partial charge is 0.329 e. The van der Waals surface area contributed by atoms with Gasteiger partial charge in [-0.2, -0.15) is 13.2 Å². The van der Waals surface area contributed by atoms with Crippen LogP contribution < -0.4 is 0 Å². The summed E-state index contributed by atoms with van der Waals surface area (Å²) in [7, 11) is 0. The number of hydrogen-bond acceptors (Lipinski definition) is 2. The lowest BCUT2D eigenvalue weighted by atomic mass is 10.2. The van der Waals surface area contributed by atoms with Crippen LogP contribution in [0.5, 0.6) is 0 Å². The number of carbonyl (C=O) groups excluding carboxylic acids is 1. The summed E-state index contributed by atoms with van der Waals surface area (Å²) in [6, 6.07) is 0. The first-order chi connectivity index (χ1) is 7.44. The normalized spacial score (nSPS) is 11.8. The number of imidazole rings is 1. The second-order valence-corrected chi connectivity index (χ2v) is 3.48. The molecule has 1 rings (SSSR count). The second kappa shape index (κ2) is 5.14. The van der Waals surface area contributed by atoms with Crippen LogP contribution in [0.15, 0.2) is 12.4 Å². The van der Waals surface area contributed by atoms with Gasteiger partial charge in [0.15, 0.2) is 11.6 Å². The number of halogens is 3. The van der Waals surface area contributed by atoms with Crippen LogP contribution in [0.3, 0.4) is 0 Å². The van der Waals surface area contributed by atoms with Crippen LogP contribution in [-0.4, -0.2) is 21.5 Å². The van der Waals surface area contributed by atoms with Gasteiger partial charge in [0.25, 0.3) is 0 Å². The molecule has 0 spiro atoms. The molecule has 0 fully saturated rings. The average Bonchev–Trinajstić information content (AvgIpc) is 2.62. The molecule has 0 aliphatic carbocycles. The maximum absolute atomic E-state index is 11.9. The molecule has 1 aromatic heterocycles. The fourth-order valence-corrected chi connectivity index (χ4v) is 1.35. The van der Waals surface area contributed by atoms with E-state index < -0.39 is 24.8 Å². The van der Waals surface area contributed by atoms with Gasteiger partial charge in [-0.15, -0.1) is 0 Å². The van der Waals surface area contributed by atoms with Crippen LogP contribution >= 0.6 is 0 Å². The highest BCUT2D eigenvalue weighted by Gasteiger charge is 2.28. The van der Waals surface area contributed by atoms with Crippen molar-refractivity contribution in [2.75, 3.05) is 0 Å². The lowest BCUT2D eigenvalue weighted by molar-refractivity contribution is -0.133. The molecule has 0 aromatic carbocycles. The maximum Gasteiger partial charge on any atom is 0.389 e. The number of hydrogen-bond donors (Lipinski definition) is 0. The van der Waals surface area contributed by atoms with E-state index in [1.807, 2.05) is 6.92 Å². The van der Waals surface area contributed by atoms with E-state index in [0.717, 1.165) is 6.42 Å². The van der Waals surface area contributed by atoms with Crippen LogP contribution in [-0.2, 0) is 6.54 Å². The molecule has 0 saturated heterocycles. The van der Waals surface area contributed by atoms with E-state index >= 15 is 0 Å². The van der Waals surface area contributed by atoms with Crippen molar-refractivity contribution >= 4 is 5.78 Å². The van der Waals surface area contributed by atoms with Crippen molar-refractivity contribution in [1.82, 2.24) is 9.55 Å². The highest BCUT2D eigenvalue weighted by molar-refractivity contribution is 5.92. The van der Waals surface area contributed by atoms with Crippen LogP contribution in [0.4, 0.5) is 13.2 Å². The molecule has 0 aliphatic heterocycles. The van der Waals surface area contributed by atoms with Crippen molar-refractivity contribution in [1.29, 1.82) is 0 Å². The van der Waals surface area contributed by atoms with Gasteiger partial charge in [-0.1, -0.05) is 6.92 Å². The van der Waals surface area contributed by atoms with Crippen LogP contribution in [0.2, 0.25) is 0 Å². The molecule has 1 aromatic rings. The Bertz CT molecular complexity index is 357. The van der Waals surface area contributed by atoms with Crippen molar-refractivity contribution in [3.63, 3.8) is 0 Å². The van der Waals surface area contributed by atoms with Gasteiger partial charge in [-0.3, -0.25) is 4.79 Å². The molecule has 0 amide bonds. The van der Waals surface area contributed by atoms with Crippen LogP contribution in [0.25, 0.3) is 0 Å². The Morgan fingerprint density at radius 3 is 2.75 bits per heavy atom. The van der Waals surface area contributed by atoms with Gasteiger partial charge in [-0.25, -0.2) is 4.98 Å². The molecular formula is C10H13F3N2O. The summed E-state index contributed by atoms with van der Waals surface area (Å²) in [5.74, 6) is -0.443. The molecule has 0 radical (unpaired) electrons. The molecule has 0 unspecified atom stereocenters. The summed E-state index contributed by atoms with van der Waals surface area (Å²) in [6.45, 7) is 2.51. The summed E-state index contributed by atoms with van der Waals surface area (Å²) in [5, 5.41) is 0. The predicted molar refractivity (Wildman–Crippen MR) is 52.1 cm³/mol. The third-order valence-electron chi connectivity index (χ3n) is 2.06. The molecule has 0 saturated carbocycles. The van der Waals surface area contributed by atoms with Crippen molar-refractivity contribution in [2.45, 2.75) is 38.9 Å². The molecule has 16 heavy (non-hydrogen) atoms. The quantitative estimate of drug-likeness (QED) is 0.734. The minimum absolute atomic E-state index is 0.117. The highest BCUT2D eigenvalue weighted by Crippen LogP contribution is 2.22. The van der Waals surface area contributed by atoms with Crippen molar-refractivity contribution in [2.24, 2.45) is 0 Å². The number of carbonyl (C=O) groups is 1. The van der Waals surface area contributed by atoms with Gasteiger partial charge < -0.3 is 4.57 Å². The summed E-state index contributed by atoms with van der Waals surface area (Å²) >= 11 is 0. The average molecular weight is 234 g/mol. The number of Topliss-reactive ketones (excluding diaryl/α,β-unsaturated/α-hetero) is 1. The van der Waals surface area contributed by atoms with E-state index in [1.165, 1.54) is 6.20 Å². The summed E-state index contributed by atoms with van der Waals surface area (Å²) in [4.78, 5) is 15.2. The zero-order valence-corrected chi connectivity index (χ0v) is 8.92. The monoisotopic (exact) mass is 234 g/mol. The molecule has 0 bridgehead atoms. The molecule has 1 heterocycles. The van der Waals surface area contributed by atoms with Gasteiger partial charge >= 0.3 is 6.18 Å². The van der Waals surface area contributed by atoms with E-state index in [0.29, 0.717) is 6.54 Å². The topological polar surface area (TPSA) is 34.9 Å². The number of ketones is 1. The molecule has 3 nitrogen and oxygen atoms in total. The molecule has 90 valence electrons. The zero-order valence-electron chi connectivity index (χ0n) is 8.92. The standard InChI is InChI=1S/C10H13F3N2O/c1-2-6-15-7-5-14-9(15)8(16)3-4-10(11,12)13/h5,7H,2-4,6H2,1H3. The van der Waals surface area contributed by atoms with Gasteiger partial charge in [-0.05, 0) is 6.42 Å². The Labute approximate surface area is 91.3 Å². The van der Waals surface area contributed by atoms with Crippen molar-refractivity contribution in [3.05, 3.63) is 18.2 Å². The van der Waals surface area contributed by atoms with E-state index in [4.69, 9.17) is 0 Å². The van der Waals surface area contributed by atoms with E-state index in [1.54, 1.807) is 10.8 Å². The van der Waals surface area contributed by atoms with Crippen molar-refractivity contribution in [3.8, 4) is 0 Å². The lowest BCUT2D eigenvalue weighted by Crippen LogP contribution is -2.14. The largest absolute Gasteiger partial charge is 0.389 e. The van der Waals surface area contributed by atoms with Crippen LogP contribution in [0, 0.1) is 0 Å². The first-order valence-electron chi connectivity index (χ1n) is 5.05. The second-order valence-electron chi connectivity index (χ2n) is 3.48. The Morgan fingerprint density at radius 2 is 2.19 bits per heavy atom. The van der Waals surface area contributed by atoms with Crippen molar-refractivity contribution < 1.29 is 18.0 Å². The summed E-state index contributed by atoms with van der Waals surface area (Å²) in [5.41, 5.74) is 0. The lowest BCUT2D eigenvalue weighted by Gasteiger charge is -2.07. The summed E-state index contributed by atoms with van der Waals surface area (Å²) < 4.78 is 37.4. The SMILES string of the molecule is CCCn1ccnc1C(=O)CCC(F)(F)F. The van der Waals surface area contributed by atoms with Crippen LogP contribution in [0.1, 0.15) is 36.8 Å². The zero-order chi connectivity index (χ0) is 12.2. The Balaban J connectivity index is 2.62. The van der Waals surface area contributed by atoms with E-state index in [2.05, 4.69) is 4.98 Å². The summed E-state index contributed by atoms with van der Waals surface area (Å²) in [6.07, 6.45) is -2.09. The molecule has 0 atom stereocenters. The van der Waals surface area contributed by atoms with Gasteiger partial charge in [0, 0.05) is 25.4 Å². The number of aryl methyl sites for hydroxylation is 1. The highest BCUT2D eigenvalue weighted by atomic mass is 19.4. The number of alkyl halides is 3. The minimum atomic E-state index is -4.29. The molecule has 0 N–H and O–H groups in total. The molecular weight excluding hydrogens is 221 g/mol. The first-order valence-corrected chi connectivity index (χ1v) is 5.05. The Hall–Kier alpha value is -1.33. The molecule has 0 aliphatic rings. The Morgan fingerprint density at radius 1 is 1.50 bits per heavy atom.